The zero-order valence-corrected chi connectivity index (χ0v) is 20.1. The number of carbonyl (C=O) groups excluding carboxylic acids is 2. The number of aromatic nitrogens is 2. The highest BCUT2D eigenvalue weighted by Gasteiger charge is 2.34. The SMILES string of the molecule is O=C(CCC1CC1)c1c(CC(=O)C2CC2)sc2c1CC(CC(=S)Cc1ccnnc1)CC2. The molecule has 0 aliphatic heterocycles. The molecule has 0 aromatic carbocycles. The maximum absolute atomic E-state index is 13.3. The summed E-state index contributed by atoms with van der Waals surface area (Å²) in [5, 5.41) is 7.79. The summed E-state index contributed by atoms with van der Waals surface area (Å²) in [5.41, 5.74) is 3.28. The maximum atomic E-state index is 13.3. The molecule has 2 heterocycles. The van der Waals surface area contributed by atoms with Gasteiger partial charge in [-0.3, -0.25) is 9.59 Å². The van der Waals surface area contributed by atoms with Crippen LogP contribution >= 0.6 is 23.6 Å². The van der Waals surface area contributed by atoms with Crippen molar-refractivity contribution in [2.24, 2.45) is 17.8 Å². The molecule has 3 aliphatic carbocycles. The molecule has 2 fully saturated rings. The van der Waals surface area contributed by atoms with Gasteiger partial charge in [-0.1, -0.05) is 25.1 Å². The largest absolute Gasteiger partial charge is 0.299 e. The van der Waals surface area contributed by atoms with E-state index < -0.39 is 0 Å². The molecule has 0 bridgehead atoms. The van der Waals surface area contributed by atoms with Gasteiger partial charge in [0, 0.05) is 46.7 Å². The minimum atomic E-state index is 0.247. The molecule has 32 heavy (non-hydrogen) atoms. The van der Waals surface area contributed by atoms with Gasteiger partial charge in [0.2, 0.25) is 0 Å². The predicted octanol–water partition coefficient (Wildman–Crippen LogP) is 5.54. The van der Waals surface area contributed by atoms with Crippen LogP contribution in [0.2, 0.25) is 0 Å². The first-order valence-electron chi connectivity index (χ1n) is 12.0. The van der Waals surface area contributed by atoms with Crippen molar-refractivity contribution in [1.82, 2.24) is 10.2 Å². The lowest BCUT2D eigenvalue weighted by atomic mass is 9.81. The maximum Gasteiger partial charge on any atom is 0.164 e. The Morgan fingerprint density at radius 1 is 1.06 bits per heavy atom. The number of hydrogen-bond donors (Lipinski definition) is 0. The molecule has 2 saturated carbocycles. The van der Waals surface area contributed by atoms with Crippen LogP contribution in [0.5, 0.6) is 0 Å². The van der Waals surface area contributed by atoms with E-state index in [4.69, 9.17) is 12.2 Å². The summed E-state index contributed by atoms with van der Waals surface area (Å²) in [7, 11) is 0. The fourth-order valence-corrected chi connectivity index (χ4v) is 6.74. The number of thiocarbonyl (C=S) groups is 1. The van der Waals surface area contributed by atoms with Gasteiger partial charge in [0.25, 0.3) is 0 Å². The van der Waals surface area contributed by atoms with Crippen molar-refractivity contribution < 1.29 is 9.59 Å². The van der Waals surface area contributed by atoms with Crippen molar-refractivity contribution in [3.63, 3.8) is 0 Å². The van der Waals surface area contributed by atoms with E-state index in [9.17, 15) is 9.59 Å². The van der Waals surface area contributed by atoms with Gasteiger partial charge in [0.05, 0.1) is 6.20 Å². The average molecular weight is 467 g/mol. The van der Waals surface area contributed by atoms with Crippen LogP contribution < -0.4 is 0 Å². The highest BCUT2D eigenvalue weighted by molar-refractivity contribution is 7.80. The first-order chi connectivity index (χ1) is 15.6. The molecular weight excluding hydrogens is 436 g/mol. The number of carbonyl (C=O) groups is 2. The molecule has 0 N–H and O–H groups in total. The minimum absolute atomic E-state index is 0.247. The van der Waals surface area contributed by atoms with E-state index >= 15 is 0 Å². The lowest BCUT2D eigenvalue weighted by Crippen LogP contribution is -2.19. The van der Waals surface area contributed by atoms with Crippen LogP contribution in [0, 0.1) is 17.8 Å². The van der Waals surface area contributed by atoms with E-state index in [0.29, 0.717) is 24.5 Å². The van der Waals surface area contributed by atoms with Gasteiger partial charge in [-0.15, -0.1) is 11.3 Å². The van der Waals surface area contributed by atoms with Gasteiger partial charge in [0.1, 0.15) is 5.78 Å². The van der Waals surface area contributed by atoms with Crippen LogP contribution in [0.1, 0.15) is 82.6 Å². The third kappa shape index (κ3) is 5.40. The number of fused-ring (bicyclic) bond motifs is 1. The van der Waals surface area contributed by atoms with Crippen LogP contribution in [-0.2, 0) is 30.5 Å². The summed E-state index contributed by atoms with van der Waals surface area (Å²) in [6.07, 6.45) is 14.9. The van der Waals surface area contributed by atoms with Crippen LogP contribution in [0.25, 0.3) is 0 Å². The molecule has 2 aromatic rings. The molecule has 5 rings (SSSR count). The first kappa shape index (κ1) is 22.0. The summed E-state index contributed by atoms with van der Waals surface area (Å²) < 4.78 is 0. The molecule has 4 nitrogen and oxygen atoms in total. The first-order valence-corrected chi connectivity index (χ1v) is 13.3. The minimum Gasteiger partial charge on any atom is -0.299 e. The fourth-order valence-electron chi connectivity index (χ4n) is 4.95. The van der Waals surface area contributed by atoms with E-state index in [1.54, 1.807) is 23.7 Å². The molecule has 0 spiro atoms. The van der Waals surface area contributed by atoms with Crippen molar-refractivity contribution >= 4 is 40.0 Å². The predicted molar refractivity (Wildman–Crippen MR) is 131 cm³/mol. The van der Waals surface area contributed by atoms with E-state index in [-0.39, 0.29) is 11.7 Å². The number of rotatable bonds is 11. The van der Waals surface area contributed by atoms with Gasteiger partial charge >= 0.3 is 0 Å². The van der Waals surface area contributed by atoms with Gasteiger partial charge in [0.15, 0.2) is 5.78 Å². The van der Waals surface area contributed by atoms with Crippen LogP contribution in [0.4, 0.5) is 0 Å². The molecule has 6 heteroatoms. The Hall–Kier alpha value is -1.79. The summed E-state index contributed by atoms with van der Waals surface area (Å²) in [5.74, 6) is 2.08. The fraction of sp³-hybridized carbons (Fsp3) is 0.577. The molecule has 2 aromatic heterocycles. The zero-order chi connectivity index (χ0) is 22.1. The third-order valence-electron chi connectivity index (χ3n) is 7.12. The number of ketones is 2. The average Bonchev–Trinajstić information content (AvgIpc) is 3.69. The Labute approximate surface area is 199 Å². The zero-order valence-electron chi connectivity index (χ0n) is 18.5. The Kier molecular flexibility index (Phi) is 6.61. The topological polar surface area (TPSA) is 59.9 Å². The number of aryl methyl sites for hydroxylation is 1. The third-order valence-corrected chi connectivity index (χ3v) is 8.72. The lowest BCUT2D eigenvalue weighted by Gasteiger charge is -2.23. The second-order valence-corrected chi connectivity index (χ2v) is 11.7. The summed E-state index contributed by atoms with van der Waals surface area (Å²) >= 11 is 7.47. The molecule has 0 radical (unpaired) electrons. The van der Waals surface area contributed by atoms with Crippen molar-refractivity contribution in [3.05, 3.63) is 44.9 Å². The number of hydrogen-bond acceptors (Lipinski definition) is 6. The monoisotopic (exact) mass is 466 g/mol. The van der Waals surface area contributed by atoms with Crippen molar-refractivity contribution in [1.29, 1.82) is 0 Å². The van der Waals surface area contributed by atoms with Gasteiger partial charge in [-0.05, 0) is 78.8 Å². The van der Waals surface area contributed by atoms with Crippen LogP contribution in [0.3, 0.4) is 0 Å². The van der Waals surface area contributed by atoms with Gasteiger partial charge in [-0.2, -0.15) is 10.2 Å². The van der Waals surface area contributed by atoms with Crippen molar-refractivity contribution in [2.75, 3.05) is 0 Å². The smallest absolute Gasteiger partial charge is 0.164 e. The summed E-state index contributed by atoms with van der Waals surface area (Å²) in [4.78, 5) is 29.4. The van der Waals surface area contributed by atoms with Gasteiger partial charge in [-0.25, -0.2) is 0 Å². The Morgan fingerprint density at radius 3 is 2.62 bits per heavy atom. The van der Waals surface area contributed by atoms with Crippen LogP contribution in [-0.4, -0.2) is 26.6 Å². The Balaban J connectivity index is 1.31. The Morgan fingerprint density at radius 2 is 1.91 bits per heavy atom. The summed E-state index contributed by atoms with van der Waals surface area (Å²) in [6.45, 7) is 0. The summed E-state index contributed by atoms with van der Waals surface area (Å²) in [6, 6.07) is 1.97. The highest BCUT2D eigenvalue weighted by Crippen LogP contribution is 2.41. The number of Topliss-reactive ketones (excluding diaryl/α,β-unsaturated/α-hetero) is 2. The second kappa shape index (κ2) is 9.60. The van der Waals surface area contributed by atoms with Crippen molar-refractivity contribution in [3.8, 4) is 0 Å². The molecule has 1 atom stereocenters. The number of nitrogens with zero attached hydrogens (tertiary/aromatic N) is 2. The standard InChI is InChI=1S/C26H30N2O2S2/c29-22(7-3-16-1-2-16)26-21-13-17(11-20(31)12-18-9-10-27-28-15-18)4-8-24(21)32-25(26)14-23(30)19-5-6-19/h9-10,15-17,19H,1-8,11-14H2. The van der Waals surface area contributed by atoms with E-state index in [2.05, 4.69) is 10.2 Å². The van der Waals surface area contributed by atoms with E-state index in [1.807, 2.05) is 6.07 Å². The molecule has 168 valence electrons. The second-order valence-electron chi connectivity index (χ2n) is 9.90. The van der Waals surface area contributed by atoms with E-state index in [0.717, 1.165) is 78.2 Å². The number of thiophene rings is 1. The molecule has 0 saturated heterocycles. The highest BCUT2D eigenvalue weighted by atomic mass is 32.1. The van der Waals surface area contributed by atoms with Crippen LogP contribution in [0.15, 0.2) is 18.5 Å². The Bertz CT molecular complexity index is 1020. The molecular formula is C26H30N2O2S2. The quantitative estimate of drug-likeness (QED) is 0.321. The normalized spacial score (nSPS) is 20.1. The van der Waals surface area contributed by atoms with E-state index in [1.165, 1.54) is 23.3 Å². The molecule has 1 unspecified atom stereocenters. The lowest BCUT2D eigenvalue weighted by molar-refractivity contribution is -0.119. The molecule has 0 amide bonds. The molecule has 3 aliphatic rings. The van der Waals surface area contributed by atoms with Gasteiger partial charge < -0.3 is 0 Å². The van der Waals surface area contributed by atoms with Crippen molar-refractivity contribution in [2.45, 2.75) is 77.0 Å².